The molecule has 5 heteroatoms. The number of hydrogen-bond acceptors (Lipinski definition) is 4. The molecule has 0 atom stereocenters. The minimum absolute atomic E-state index is 0.168. The van der Waals surface area contributed by atoms with Crippen LogP contribution in [0.2, 0.25) is 0 Å². The summed E-state index contributed by atoms with van der Waals surface area (Å²) >= 11 is 1.70. The largest absolute Gasteiger partial charge is 0.337 e. The van der Waals surface area contributed by atoms with E-state index in [1.807, 2.05) is 30.1 Å². The molecule has 0 radical (unpaired) electrons. The van der Waals surface area contributed by atoms with Crippen LogP contribution in [0.15, 0.2) is 48.5 Å². The number of amides is 1. The van der Waals surface area contributed by atoms with E-state index >= 15 is 0 Å². The molecule has 0 aliphatic carbocycles. The summed E-state index contributed by atoms with van der Waals surface area (Å²) in [5.74, 6) is 0.168. The van der Waals surface area contributed by atoms with Crippen molar-refractivity contribution in [3.05, 3.63) is 64.7 Å². The maximum absolute atomic E-state index is 12.8. The summed E-state index contributed by atoms with van der Waals surface area (Å²) in [5, 5.41) is 1.05. The summed E-state index contributed by atoms with van der Waals surface area (Å²) in [5.41, 5.74) is 3.45. The number of rotatable bonds is 8. The topological polar surface area (TPSA) is 36.4 Å². The van der Waals surface area contributed by atoms with Crippen molar-refractivity contribution in [3.63, 3.8) is 0 Å². The molecule has 142 valence electrons. The molecule has 3 aromatic rings. The highest BCUT2D eigenvalue weighted by atomic mass is 32.1. The van der Waals surface area contributed by atoms with Gasteiger partial charge in [0, 0.05) is 13.1 Å². The molecule has 4 nitrogen and oxygen atoms in total. The van der Waals surface area contributed by atoms with E-state index in [4.69, 9.17) is 0 Å². The van der Waals surface area contributed by atoms with Gasteiger partial charge in [-0.15, -0.1) is 11.3 Å². The van der Waals surface area contributed by atoms with Crippen molar-refractivity contribution >= 4 is 27.5 Å². The average molecular weight is 382 g/mol. The number of fused-ring (bicyclic) bond motifs is 1. The normalized spacial score (nSPS) is 11.3. The number of thiazole rings is 1. The summed E-state index contributed by atoms with van der Waals surface area (Å²) in [6.07, 6.45) is 0.958. The van der Waals surface area contributed by atoms with Gasteiger partial charge in [-0.2, -0.15) is 0 Å². The van der Waals surface area contributed by atoms with Crippen LogP contribution in [-0.2, 0) is 17.9 Å². The number of likely N-dealkylation sites (N-methyl/N-ethyl adjacent to an activating group) is 1. The monoisotopic (exact) mass is 381 g/mol. The van der Waals surface area contributed by atoms with Crippen molar-refractivity contribution in [3.8, 4) is 0 Å². The molecule has 2 aromatic carbocycles. The number of aryl methyl sites for hydroxylation is 1. The van der Waals surface area contributed by atoms with Crippen molar-refractivity contribution in [2.45, 2.75) is 33.4 Å². The van der Waals surface area contributed by atoms with Crippen LogP contribution in [0, 0.1) is 6.92 Å². The molecule has 0 fully saturated rings. The molecule has 0 aliphatic rings. The number of aromatic nitrogens is 1. The lowest BCUT2D eigenvalue weighted by molar-refractivity contribution is -0.132. The molecule has 0 unspecified atom stereocenters. The van der Waals surface area contributed by atoms with Crippen molar-refractivity contribution in [2.24, 2.45) is 0 Å². The smallest absolute Gasteiger partial charge is 0.237 e. The number of para-hydroxylation sites is 1. The SMILES string of the molecule is CCCN(Cc1ccc(C)cc1)C(=O)CN(C)Cc1nc2ccccc2s1. The molecular formula is C22H27N3OS. The Balaban J connectivity index is 1.60. The van der Waals surface area contributed by atoms with Crippen LogP contribution in [0.5, 0.6) is 0 Å². The predicted octanol–water partition coefficient (Wildman–Crippen LogP) is 4.48. The molecule has 0 spiro atoms. The molecule has 1 heterocycles. The van der Waals surface area contributed by atoms with Gasteiger partial charge in [0.25, 0.3) is 0 Å². The molecule has 1 aromatic heterocycles. The number of carbonyl (C=O) groups is 1. The standard InChI is InChI=1S/C22H27N3OS/c1-4-13-25(14-18-11-9-17(2)10-12-18)22(26)16-24(3)15-21-23-19-7-5-6-8-20(19)27-21/h5-12H,4,13-16H2,1-3H3. The van der Waals surface area contributed by atoms with E-state index in [1.54, 1.807) is 11.3 Å². The third-order valence-corrected chi connectivity index (χ3v) is 5.51. The maximum atomic E-state index is 12.8. The fourth-order valence-electron chi connectivity index (χ4n) is 3.08. The number of nitrogens with zero attached hydrogens (tertiary/aromatic N) is 3. The van der Waals surface area contributed by atoms with Gasteiger partial charge in [-0.25, -0.2) is 4.98 Å². The second-order valence-corrected chi connectivity index (χ2v) is 8.16. The highest BCUT2D eigenvalue weighted by Crippen LogP contribution is 2.22. The first-order chi connectivity index (χ1) is 13.0. The lowest BCUT2D eigenvalue weighted by Crippen LogP contribution is -2.38. The summed E-state index contributed by atoms with van der Waals surface area (Å²) in [6.45, 7) is 6.73. The van der Waals surface area contributed by atoms with Gasteiger partial charge in [0.2, 0.25) is 5.91 Å². The van der Waals surface area contributed by atoms with Gasteiger partial charge in [0.05, 0.1) is 23.3 Å². The molecule has 1 amide bonds. The summed E-state index contributed by atoms with van der Waals surface area (Å²) in [7, 11) is 1.99. The van der Waals surface area contributed by atoms with Crippen molar-refractivity contribution < 1.29 is 4.79 Å². The molecular weight excluding hydrogens is 354 g/mol. The minimum atomic E-state index is 0.168. The lowest BCUT2D eigenvalue weighted by Gasteiger charge is -2.25. The molecule has 0 aliphatic heterocycles. The Kier molecular flexibility index (Phi) is 6.58. The van der Waals surface area contributed by atoms with Crippen LogP contribution in [0.4, 0.5) is 0 Å². The molecule has 0 saturated heterocycles. The summed E-state index contributed by atoms with van der Waals surface area (Å²) < 4.78 is 1.19. The second kappa shape index (κ2) is 9.11. The number of hydrogen-bond donors (Lipinski definition) is 0. The first-order valence-corrected chi connectivity index (χ1v) is 10.2. The van der Waals surface area contributed by atoms with Gasteiger partial charge >= 0.3 is 0 Å². The molecule has 0 saturated carbocycles. The van der Waals surface area contributed by atoms with E-state index in [9.17, 15) is 4.79 Å². The Hall–Kier alpha value is -2.24. The predicted molar refractivity (Wildman–Crippen MR) is 113 cm³/mol. The van der Waals surface area contributed by atoms with Crippen LogP contribution in [0.1, 0.15) is 29.5 Å². The Morgan fingerprint density at radius 1 is 1.07 bits per heavy atom. The van der Waals surface area contributed by atoms with Crippen LogP contribution in [0.25, 0.3) is 10.2 Å². The zero-order valence-electron chi connectivity index (χ0n) is 16.3. The fraction of sp³-hybridized carbons (Fsp3) is 0.364. The third kappa shape index (κ3) is 5.37. The van der Waals surface area contributed by atoms with Crippen LogP contribution >= 0.6 is 11.3 Å². The van der Waals surface area contributed by atoms with Crippen molar-refractivity contribution in [1.82, 2.24) is 14.8 Å². The molecule has 0 N–H and O–H groups in total. The quantitative estimate of drug-likeness (QED) is 0.577. The Morgan fingerprint density at radius 2 is 1.81 bits per heavy atom. The van der Waals surface area contributed by atoms with E-state index in [-0.39, 0.29) is 5.91 Å². The summed E-state index contributed by atoms with van der Waals surface area (Å²) in [4.78, 5) is 21.5. The number of carbonyl (C=O) groups excluding carboxylic acids is 1. The van der Waals surface area contributed by atoms with Gasteiger partial charge in [0.15, 0.2) is 0 Å². The van der Waals surface area contributed by atoms with Gasteiger partial charge in [-0.3, -0.25) is 9.69 Å². The molecule has 0 bridgehead atoms. The van der Waals surface area contributed by atoms with Gasteiger partial charge in [-0.05, 0) is 38.1 Å². The zero-order valence-corrected chi connectivity index (χ0v) is 17.1. The lowest BCUT2D eigenvalue weighted by atomic mass is 10.1. The number of benzene rings is 2. The van der Waals surface area contributed by atoms with Crippen LogP contribution in [0.3, 0.4) is 0 Å². The minimum Gasteiger partial charge on any atom is -0.337 e. The van der Waals surface area contributed by atoms with E-state index in [1.165, 1.54) is 15.8 Å². The maximum Gasteiger partial charge on any atom is 0.237 e. The van der Waals surface area contributed by atoms with E-state index < -0.39 is 0 Å². The van der Waals surface area contributed by atoms with E-state index in [2.05, 4.69) is 54.1 Å². The first kappa shape index (κ1) is 19.5. The Labute approximate surface area is 165 Å². The highest BCUT2D eigenvalue weighted by molar-refractivity contribution is 7.18. The zero-order chi connectivity index (χ0) is 19.2. The van der Waals surface area contributed by atoms with Gasteiger partial charge in [-0.1, -0.05) is 48.9 Å². The van der Waals surface area contributed by atoms with Crippen LogP contribution < -0.4 is 0 Å². The van der Waals surface area contributed by atoms with Crippen molar-refractivity contribution in [2.75, 3.05) is 20.1 Å². The molecule has 27 heavy (non-hydrogen) atoms. The highest BCUT2D eigenvalue weighted by Gasteiger charge is 2.16. The second-order valence-electron chi connectivity index (χ2n) is 7.05. The van der Waals surface area contributed by atoms with E-state index in [0.29, 0.717) is 19.6 Å². The van der Waals surface area contributed by atoms with E-state index in [0.717, 1.165) is 23.5 Å². The average Bonchev–Trinajstić information content (AvgIpc) is 3.05. The Morgan fingerprint density at radius 3 is 2.52 bits per heavy atom. The first-order valence-electron chi connectivity index (χ1n) is 9.41. The third-order valence-electron chi connectivity index (χ3n) is 4.49. The van der Waals surface area contributed by atoms with Crippen molar-refractivity contribution in [1.29, 1.82) is 0 Å². The van der Waals surface area contributed by atoms with Gasteiger partial charge in [0.1, 0.15) is 5.01 Å². The molecule has 3 rings (SSSR count). The fourth-order valence-corrected chi connectivity index (χ4v) is 4.13. The Bertz CT molecular complexity index is 855. The van der Waals surface area contributed by atoms with Gasteiger partial charge < -0.3 is 4.90 Å². The van der Waals surface area contributed by atoms with Crippen LogP contribution in [-0.4, -0.2) is 40.8 Å². The summed E-state index contributed by atoms with van der Waals surface area (Å²) in [6, 6.07) is 16.6.